The highest BCUT2D eigenvalue weighted by atomic mass is 32.1. The van der Waals surface area contributed by atoms with Gasteiger partial charge >= 0.3 is 0 Å². The zero-order valence-electron chi connectivity index (χ0n) is 17.6. The summed E-state index contributed by atoms with van der Waals surface area (Å²) in [6.07, 6.45) is 5.67. The molecule has 2 unspecified atom stereocenters. The van der Waals surface area contributed by atoms with Crippen LogP contribution in [0.4, 0.5) is 0 Å². The predicted molar refractivity (Wildman–Crippen MR) is 123 cm³/mol. The number of aromatic nitrogens is 1. The summed E-state index contributed by atoms with van der Waals surface area (Å²) in [5.41, 5.74) is 3.93. The zero-order chi connectivity index (χ0) is 20.5. The Morgan fingerprint density at radius 2 is 1.97 bits per heavy atom. The number of para-hydroxylation sites is 1. The topological polar surface area (TPSA) is 36.4 Å². The molecule has 1 fully saturated rings. The first-order chi connectivity index (χ1) is 14.7. The summed E-state index contributed by atoms with van der Waals surface area (Å²) >= 11 is 1.79. The van der Waals surface area contributed by atoms with E-state index in [0.29, 0.717) is 18.5 Å². The van der Waals surface area contributed by atoms with Gasteiger partial charge in [-0.2, -0.15) is 0 Å². The van der Waals surface area contributed by atoms with E-state index in [1.165, 1.54) is 27.3 Å². The Labute approximate surface area is 182 Å². The molecule has 0 radical (unpaired) electrons. The highest BCUT2D eigenvalue weighted by Gasteiger charge is 2.30. The largest absolute Gasteiger partial charge is 0.341 e. The minimum atomic E-state index is 0.256. The predicted octanol–water partition coefficient (Wildman–Crippen LogP) is 5.01. The molecule has 3 aromatic rings. The molecule has 0 N–H and O–H groups in total. The average molecular weight is 420 g/mol. The number of nitrogens with zero attached hydrogens (tertiary/aromatic N) is 3. The van der Waals surface area contributed by atoms with Crippen molar-refractivity contribution in [2.24, 2.45) is 0 Å². The van der Waals surface area contributed by atoms with Crippen LogP contribution in [-0.4, -0.2) is 47.4 Å². The maximum absolute atomic E-state index is 13.2. The fourth-order valence-electron chi connectivity index (χ4n) is 5.08. The molecule has 5 heteroatoms. The molecule has 2 atom stereocenters. The minimum Gasteiger partial charge on any atom is -0.341 e. The van der Waals surface area contributed by atoms with Crippen molar-refractivity contribution in [3.8, 4) is 0 Å². The third kappa shape index (κ3) is 3.88. The summed E-state index contributed by atoms with van der Waals surface area (Å²) in [5, 5.41) is 1.18. The van der Waals surface area contributed by atoms with E-state index < -0.39 is 0 Å². The average Bonchev–Trinajstić information content (AvgIpc) is 3.23. The van der Waals surface area contributed by atoms with Gasteiger partial charge in [0.15, 0.2) is 0 Å². The molecule has 2 aromatic carbocycles. The summed E-state index contributed by atoms with van der Waals surface area (Å²) in [6.45, 7) is 2.16. The Morgan fingerprint density at radius 1 is 1.13 bits per heavy atom. The number of piperidine rings is 1. The number of likely N-dealkylation sites (tertiary alicyclic amines) is 1. The Morgan fingerprint density at radius 3 is 2.87 bits per heavy atom. The number of carbonyl (C=O) groups is 1. The van der Waals surface area contributed by atoms with Gasteiger partial charge in [-0.25, -0.2) is 4.98 Å². The lowest BCUT2D eigenvalue weighted by atomic mass is 9.87. The van der Waals surface area contributed by atoms with Gasteiger partial charge in [-0.3, -0.25) is 9.69 Å². The lowest BCUT2D eigenvalue weighted by Gasteiger charge is -2.36. The number of thiazole rings is 1. The van der Waals surface area contributed by atoms with Gasteiger partial charge in [-0.1, -0.05) is 36.4 Å². The maximum atomic E-state index is 13.2. The molecule has 4 nitrogen and oxygen atoms in total. The van der Waals surface area contributed by atoms with Gasteiger partial charge in [0.2, 0.25) is 5.91 Å². The summed E-state index contributed by atoms with van der Waals surface area (Å²) in [6, 6.07) is 17.4. The number of hydrogen-bond acceptors (Lipinski definition) is 4. The summed E-state index contributed by atoms with van der Waals surface area (Å²) in [4.78, 5) is 22.4. The maximum Gasteiger partial charge on any atom is 0.236 e. The van der Waals surface area contributed by atoms with E-state index in [1.54, 1.807) is 11.3 Å². The highest BCUT2D eigenvalue weighted by molar-refractivity contribution is 7.18. The molecular weight excluding hydrogens is 390 g/mol. The number of hydrogen-bond donors (Lipinski definition) is 0. The standard InChI is InChI=1S/C25H29N3OS/c1-27(22-13-6-9-18-8-2-3-11-20(18)22)17-24(29)28-15-7-10-19(16-28)25-26-21-12-4-5-14-23(21)30-25/h2-5,8,11-12,14,19,22H,6-7,9-10,13,15-17H2,1H3. The van der Waals surface area contributed by atoms with Gasteiger partial charge in [0, 0.05) is 25.0 Å². The van der Waals surface area contributed by atoms with E-state index in [2.05, 4.69) is 59.3 Å². The van der Waals surface area contributed by atoms with Crippen molar-refractivity contribution in [3.63, 3.8) is 0 Å². The molecule has 0 bridgehead atoms. The van der Waals surface area contributed by atoms with Crippen molar-refractivity contribution in [1.29, 1.82) is 0 Å². The van der Waals surface area contributed by atoms with E-state index in [-0.39, 0.29) is 5.91 Å². The normalized spacial score (nSPS) is 21.7. The van der Waals surface area contributed by atoms with Crippen LogP contribution < -0.4 is 0 Å². The molecule has 30 heavy (non-hydrogen) atoms. The quantitative estimate of drug-likeness (QED) is 0.596. The first-order valence-corrected chi connectivity index (χ1v) is 11.9. The molecular formula is C25H29N3OS. The number of fused-ring (bicyclic) bond motifs is 2. The second kappa shape index (κ2) is 8.48. The summed E-state index contributed by atoms with van der Waals surface area (Å²) < 4.78 is 1.24. The van der Waals surface area contributed by atoms with Gasteiger partial charge in [0.25, 0.3) is 0 Å². The van der Waals surface area contributed by atoms with Crippen molar-refractivity contribution in [1.82, 2.24) is 14.8 Å². The molecule has 1 amide bonds. The van der Waals surface area contributed by atoms with Gasteiger partial charge in [0.1, 0.15) is 0 Å². The van der Waals surface area contributed by atoms with Gasteiger partial charge < -0.3 is 4.90 Å². The fraction of sp³-hybridized carbons (Fsp3) is 0.440. The van der Waals surface area contributed by atoms with Gasteiger partial charge in [0.05, 0.1) is 21.8 Å². The van der Waals surface area contributed by atoms with Crippen LogP contribution in [0.5, 0.6) is 0 Å². The van der Waals surface area contributed by atoms with Crippen LogP contribution in [0.1, 0.15) is 53.8 Å². The van der Waals surface area contributed by atoms with Crippen LogP contribution in [0.2, 0.25) is 0 Å². The fourth-order valence-corrected chi connectivity index (χ4v) is 6.17. The van der Waals surface area contributed by atoms with E-state index in [4.69, 9.17) is 4.98 Å². The molecule has 0 spiro atoms. The molecule has 1 aliphatic heterocycles. The monoisotopic (exact) mass is 419 g/mol. The molecule has 2 aliphatic rings. The van der Waals surface area contributed by atoms with E-state index in [1.807, 2.05) is 6.07 Å². The summed E-state index contributed by atoms with van der Waals surface area (Å²) in [5.74, 6) is 0.618. The molecule has 1 aromatic heterocycles. The van der Waals surface area contributed by atoms with Crippen molar-refractivity contribution >= 4 is 27.5 Å². The van der Waals surface area contributed by atoms with Crippen LogP contribution in [0.15, 0.2) is 48.5 Å². The Kier molecular flexibility index (Phi) is 5.57. The van der Waals surface area contributed by atoms with Crippen molar-refractivity contribution in [3.05, 3.63) is 64.7 Å². The highest BCUT2D eigenvalue weighted by Crippen LogP contribution is 2.35. The third-order valence-electron chi connectivity index (χ3n) is 6.69. The van der Waals surface area contributed by atoms with Gasteiger partial charge in [-0.05, 0) is 62.4 Å². The number of aryl methyl sites for hydroxylation is 1. The van der Waals surface area contributed by atoms with Crippen molar-refractivity contribution < 1.29 is 4.79 Å². The Hall–Kier alpha value is -2.24. The van der Waals surface area contributed by atoms with Crippen molar-refractivity contribution in [2.75, 3.05) is 26.7 Å². The lowest BCUT2D eigenvalue weighted by molar-refractivity contribution is -0.134. The lowest BCUT2D eigenvalue weighted by Crippen LogP contribution is -2.44. The smallest absolute Gasteiger partial charge is 0.236 e. The van der Waals surface area contributed by atoms with Crippen LogP contribution in [0.25, 0.3) is 10.2 Å². The molecule has 156 valence electrons. The van der Waals surface area contributed by atoms with E-state index in [9.17, 15) is 4.79 Å². The second-order valence-electron chi connectivity index (χ2n) is 8.72. The number of carbonyl (C=O) groups excluding carboxylic acids is 1. The van der Waals surface area contributed by atoms with Gasteiger partial charge in [-0.15, -0.1) is 11.3 Å². The van der Waals surface area contributed by atoms with Crippen LogP contribution in [0.3, 0.4) is 0 Å². The third-order valence-corrected chi connectivity index (χ3v) is 7.89. The first kappa shape index (κ1) is 19.7. The number of benzene rings is 2. The SMILES string of the molecule is CN(CC(=O)N1CCCC(c2nc3ccccc3s2)C1)C1CCCc2ccccc21. The van der Waals surface area contributed by atoms with Crippen molar-refractivity contribution in [2.45, 2.75) is 44.1 Å². The molecule has 1 aliphatic carbocycles. The molecule has 0 saturated carbocycles. The van der Waals surface area contributed by atoms with E-state index in [0.717, 1.165) is 44.3 Å². The second-order valence-corrected chi connectivity index (χ2v) is 9.78. The Bertz CT molecular complexity index is 1010. The molecule has 5 rings (SSSR count). The zero-order valence-corrected chi connectivity index (χ0v) is 18.4. The number of rotatable bonds is 4. The number of amides is 1. The van der Waals surface area contributed by atoms with Crippen LogP contribution in [-0.2, 0) is 11.2 Å². The molecule has 1 saturated heterocycles. The van der Waals surface area contributed by atoms with Crippen LogP contribution in [0, 0.1) is 0 Å². The van der Waals surface area contributed by atoms with Crippen LogP contribution >= 0.6 is 11.3 Å². The first-order valence-electron chi connectivity index (χ1n) is 11.1. The Balaban J connectivity index is 1.26. The number of likely N-dealkylation sites (N-methyl/N-ethyl adjacent to an activating group) is 1. The summed E-state index contributed by atoms with van der Waals surface area (Å²) in [7, 11) is 2.11. The molecule has 2 heterocycles. The minimum absolute atomic E-state index is 0.256. The van der Waals surface area contributed by atoms with E-state index >= 15 is 0 Å².